The number of hydrogen-bond donors (Lipinski definition) is 1. The average molecular weight is 276 g/mol. The van der Waals surface area contributed by atoms with Crippen LogP contribution in [-0.2, 0) is 13.0 Å². The van der Waals surface area contributed by atoms with Crippen molar-refractivity contribution in [3.05, 3.63) is 40.4 Å². The summed E-state index contributed by atoms with van der Waals surface area (Å²) >= 11 is 1.58. The third-order valence-electron chi connectivity index (χ3n) is 3.11. The first-order valence-corrected chi connectivity index (χ1v) is 7.44. The number of aryl methyl sites for hydroxylation is 2. The van der Waals surface area contributed by atoms with Gasteiger partial charge in [0.2, 0.25) is 0 Å². The van der Waals surface area contributed by atoms with E-state index in [9.17, 15) is 5.11 Å². The lowest BCUT2D eigenvalue weighted by molar-refractivity contribution is 0.284. The van der Waals surface area contributed by atoms with Crippen molar-refractivity contribution in [3.63, 3.8) is 0 Å². The maximum atomic E-state index is 9.38. The second kappa shape index (κ2) is 6.17. The van der Waals surface area contributed by atoms with Gasteiger partial charge in [0.05, 0.1) is 17.2 Å². The summed E-state index contributed by atoms with van der Waals surface area (Å²) in [4.78, 5) is 7.83. The van der Waals surface area contributed by atoms with Gasteiger partial charge in [-0.1, -0.05) is 30.4 Å². The number of hydrogen-bond acceptors (Lipinski definition) is 4. The van der Waals surface area contributed by atoms with E-state index in [1.807, 2.05) is 0 Å². The van der Waals surface area contributed by atoms with Crippen molar-refractivity contribution < 1.29 is 5.11 Å². The van der Waals surface area contributed by atoms with E-state index in [0.29, 0.717) is 0 Å². The van der Waals surface area contributed by atoms with E-state index in [1.165, 1.54) is 5.56 Å². The Labute approximate surface area is 118 Å². The molecule has 0 aliphatic heterocycles. The van der Waals surface area contributed by atoms with Crippen molar-refractivity contribution >= 4 is 22.2 Å². The number of benzene rings is 1. The number of rotatable bonds is 5. The fraction of sp³-hybridized carbons (Fsp3) is 0.400. The molecule has 2 aromatic rings. The first-order chi connectivity index (χ1) is 9.19. The van der Waals surface area contributed by atoms with Crippen molar-refractivity contribution in [1.29, 1.82) is 0 Å². The highest BCUT2D eigenvalue weighted by Gasteiger charge is 2.15. The third-order valence-corrected chi connectivity index (χ3v) is 4.21. The zero-order valence-electron chi connectivity index (χ0n) is 11.7. The standard InChI is InChI=1S/C15H20N2OS/c1-4-13-14(10-18)19-15(16-13)17(5-2)12-8-6-7-11(3)9-12/h6-9,18H,4-5,10H2,1-3H3. The molecule has 0 spiro atoms. The van der Waals surface area contributed by atoms with E-state index in [4.69, 9.17) is 0 Å². The highest BCUT2D eigenvalue weighted by atomic mass is 32.1. The summed E-state index contributed by atoms with van der Waals surface area (Å²) < 4.78 is 0. The van der Waals surface area contributed by atoms with Gasteiger partial charge in [0.1, 0.15) is 0 Å². The van der Waals surface area contributed by atoms with Gasteiger partial charge in [0.25, 0.3) is 0 Å². The first kappa shape index (κ1) is 14.0. The first-order valence-electron chi connectivity index (χ1n) is 6.63. The molecular formula is C15H20N2OS. The Morgan fingerprint density at radius 2 is 2.11 bits per heavy atom. The van der Waals surface area contributed by atoms with Crippen LogP contribution in [0.1, 0.15) is 30.0 Å². The molecule has 0 saturated carbocycles. The van der Waals surface area contributed by atoms with Crippen molar-refractivity contribution in [2.24, 2.45) is 0 Å². The lowest BCUT2D eigenvalue weighted by Gasteiger charge is -2.20. The van der Waals surface area contributed by atoms with Gasteiger partial charge < -0.3 is 10.0 Å². The van der Waals surface area contributed by atoms with Gasteiger partial charge in [-0.05, 0) is 38.0 Å². The Hall–Kier alpha value is -1.39. The zero-order valence-corrected chi connectivity index (χ0v) is 12.5. The number of aliphatic hydroxyl groups is 1. The van der Waals surface area contributed by atoms with E-state index in [0.717, 1.165) is 34.4 Å². The number of thiazole rings is 1. The molecule has 19 heavy (non-hydrogen) atoms. The number of aromatic nitrogens is 1. The predicted molar refractivity (Wildman–Crippen MR) is 81.3 cm³/mol. The molecular weight excluding hydrogens is 256 g/mol. The molecule has 0 bridgehead atoms. The smallest absolute Gasteiger partial charge is 0.190 e. The SMILES string of the molecule is CCc1nc(N(CC)c2cccc(C)c2)sc1CO. The van der Waals surface area contributed by atoms with Gasteiger partial charge in [-0.25, -0.2) is 4.98 Å². The van der Waals surface area contributed by atoms with Crippen LogP contribution in [0.4, 0.5) is 10.8 Å². The number of aliphatic hydroxyl groups excluding tert-OH is 1. The second-order valence-corrected chi connectivity index (χ2v) is 5.52. The van der Waals surface area contributed by atoms with Crippen molar-refractivity contribution in [3.8, 4) is 0 Å². The Bertz CT molecular complexity index is 529. The fourth-order valence-electron chi connectivity index (χ4n) is 2.11. The highest BCUT2D eigenvalue weighted by molar-refractivity contribution is 7.15. The molecule has 0 amide bonds. The number of nitrogens with zero attached hydrogens (tertiary/aromatic N) is 2. The monoisotopic (exact) mass is 276 g/mol. The van der Waals surface area contributed by atoms with Crippen LogP contribution in [0.15, 0.2) is 24.3 Å². The Balaban J connectivity index is 2.39. The molecule has 0 fully saturated rings. The average Bonchev–Trinajstić information content (AvgIpc) is 2.83. The Morgan fingerprint density at radius 1 is 1.32 bits per heavy atom. The predicted octanol–water partition coefficient (Wildman–Crippen LogP) is 3.66. The van der Waals surface area contributed by atoms with Gasteiger partial charge in [-0.15, -0.1) is 0 Å². The summed E-state index contributed by atoms with van der Waals surface area (Å²) in [5.74, 6) is 0. The lowest BCUT2D eigenvalue weighted by atomic mass is 10.2. The normalized spacial score (nSPS) is 10.7. The molecule has 1 aromatic heterocycles. The highest BCUT2D eigenvalue weighted by Crippen LogP contribution is 2.32. The molecule has 102 valence electrons. The largest absolute Gasteiger partial charge is 0.391 e. The lowest BCUT2D eigenvalue weighted by Crippen LogP contribution is -2.15. The maximum Gasteiger partial charge on any atom is 0.190 e. The number of anilines is 2. The van der Waals surface area contributed by atoms with Crippen LogP contribution < -0.4 is 4.90 Å². The van der Waals surface area contributed by atoms with Gasteiger partial charge in [0, 0.05) is 12.2 Å². The second-order valence-electron chi connectivity index (χ2n) is 4.46. The van der Waals surface area contributed by atoms with E-state index in [1.54, 1.807) is 11.3 Å². The minimum atomic E-state index is 0.0756. The van der Waals surface area contributed by atoms with Gasteiger partial charge in [-0.2, -0.15) is 0 Å². The van der Waals surface area contributed by atoms with Crippen LogP contribution >= 0.6 is 11.3 Å². The quantitative estimate of drug-likeness (QED) is 0.905. The summed E-state index contributed by atoms with van der Waals surface area (Å²) in [6.07, 6.45) is 0.859. The molecule has 0 aliphatic carbocycles. The van der Waals surface area contributed by atoms with Crippen molar-refractivity contribution in [1.82, 2.24) is 4.98 Å². The van der Waals surface area contributed by atoms with Gasteiger partial charge >= 0.3 is 0 Å². The minimum absolute atomic E-state index is 0.0756. The van der Waals surface area contributed by atoms with Gasteiger partial charge in [-0.3, -0.25) is 0 Å². The van der Waals surface area contributed by atoms with Crippen LogP contribution in [-0.4, -0.2) is 16.6 Å². The Morgan fingerprint density at radius 3 is 2.63 bits per heavy atom. The molecule has 3 nitrogen and oxygen atoms in total. The summed E-state index contributed by atoms with van der Waals surface area (Å²) in [5.41, 5.74) is 3.41. The topological polar surface area (TPSA) is 36.4 Å². The van der Waals surface area contributed by atoms with E-state index < -0.39 is 0 Å². The molecule has 1 aromatic carbocycles. The maximum absolute atomic E-state index is 9.38. The molecule has 1 heterocycles. The summed E-state index contributed by atoms with van der Waals surface area (Å²) in [6, 6.07) is 8.42. The molecule has 2 rings (SSSR count). The molecule has 4 heteroatoms. The molecule has 0 aliphatic rings. The molecule has 1 N–H and O–H groups in total. The molecule has 0 radical (unpaired) electrons. The summed E-state index contributed by atoms with van der Waals surface area (Å²) in [7, 11) is 0. The summed E-state index contributed by atoms with van der Waals surface area (Å²) in [6.45, 7) is 7.22. The molecule has 0 unspecified atom stereocenters. The fourth-order valence-corrected chi connectivity index (χ4v) is 3.20. The molecule has 0 saturated heterocycles. The van der Waals surface area contributed by atoms with Gasteiger partial charge in [0.15, 0.2) is 5.13 Å². The van der Waals surface area contributed by atoms with Crippen LogP contribution in [0.5, 0.6) is 0 Å². The Kier molecular flexibility index (Phi) is 4.56. The van der Waals surface area contributed by atoms with Crippen LogP contribution in [0, 0.1) is 6.92 Å². The minimum Gasteiger partial charge on any atom is -0.391 e. The zero-order chi connectivity index (χ0) is 13.8. The van der Waals surface area contributed by atoms with Crippen molar-refractivity contribution in [2.45, 2.75) is 33.8 Å². The van der Waals surface area contributed by atoms with Crippen molar-refractivity contribution in [2.75, 3.05) is 11.4 Å². The van der Waals surface area contributed by atoms with Crippen LogP contribution in [0.3, 0.4) is 0 Å². The van der Waals surface area contributed by atoms with Crippen LogP contribution in [0.2, 0.25) is 0 Å². The van der Waals surface area contributed by atoms with Crippen LogP contribution in [0.25, 0.3) is 0 Å². The van der Waals surface area contributed by atoms with E-state index in [-0.39, 0.29) is 6.61 Å². The summed E-state index contributed by atoms with van der Waals surface area (Å²) in [5, 5.41) is 10.4. The molecule has 0 atom stereocenters. The van der Waals surface area contributed by atoms with E-state index in [2.05, 4.69) is 54.9 Å². The van der Waals surface area contributed by atoms with E-state index >= 15 is 0 Å². The third kappa shape index (κ3) is 2.96.